The number of aromatic nitrogens is 2. The third kappa shape index (κ3) is 5.93. The molecule has 0 spiro atoms. The van der Waals surface area contributed by atoms with Crippen molar-refractivity contribution in [3.8, 4) is 5.75 Å². The van der Waals surface area contributed by atoms with Gasteiger partial charge in [-0.25, -0.2) is 18.6 Å². The van der Waals surface area contributed by atoms with Crippen LogP contribution >= 0.6 is 0 Å². The second-order valence-electron chi connectivity index (χ2n) is 8.05. The quantitative estimate of drug-likeness (QED) is 0.441. The van der Waals surface area contributed by atoms with E-state index in [2.05, 4.69) is 25.9 Å². The van der Waals surface area contributed by atoms with Gasteiger partial charge in [0.1, 0.15) is 23.7 Å². The molecule has 2 N–H and O–H groups in total. The number of hydrogen-bond acceptors (Lipinski definition) is 6. The van der Waals surface area contributed by atoms with Crippen molar-refractivity contribution in [2.24, 2.45) is 0 Å². The topological polar surface area (TPSA) is 96.5 Å². The third-order valence-electron chi connectivity index (χ3n) is 5.19. The SMILES string of the molecule is C=S(C)(=O)Nc1cc(C)c2c(Nc3ccc(F)cc3O[C@H](C)C(=O)N(CC)CC)ncnc2c1. The maximum atomic E-state index is 14.1. The smallest absolute Gasteiger partial charge is 0.263 e. The molecule has 1 amide bonds. The summed E-state index contributed by atoms with van der Waals surface area (Å²) in [4.78, 5) is 23.0. The number of halogens is 1. The average Bonchev–Trinajstić information content (AvgIpc) is 2.75. The number of carbonyl (C=O) groups is 1. The molecule has 182 valence electrons. The first kappa shape index (κ1) is 25.2. The van der Waals surface area contributed by atoms with E-state index in [9.17, 15) is 13.4 Å². The van der Waals surface area contributed by atoms with Gasteiger partial charge in [0, 0.05) is 46.2 Å². The van der Waals surface area contributed by atoms with Gasteiger partial charge in [-0.3, -0.25) is 4.79 Å². The molecule has 0 fully saturated rings. The maximum absolute atomic E-state index is 14.1. The van der Waals surface area contributed by atoms with Gasteiger partial charge in [0.15, 0.2) is 6.10 Å². The molecule has 3 aromatic rings. The van der Waals surface area contributed by atoms with Gasteiger partial charge in [0.2, 0.25) is 0 Å². The van der Waals surface area contributed by atoms with Gasteiger partial charge < -0.3 is 19.7 Å². The van der Waals surface area contributed by atoms with Crippen molar-refractivity contribution in [1.82, 2.24) is 14.9 Å². The predicted molar refractivity (Wildman–Crippen MR) is 137 cm³/mol. The summed E-state index contributed by atoms with van der Waals surface area (Å²) in [7, 11) is -2.45. The molecule has 0 aliphatic heterocycles. The lowest BCUT2D eigenvalue weighted by molar-refractivity contribution is -0.137. The highest BCUT2D eigenvalue weighted by Crippen LogP contribution is 2.33. The molecule has 34 heavy (non-hydrogen) atoms. The van der Waals surface area contributed by atoms with Crippen LogP contribution in [0, 0.1) is 12.7 Å². The van der Waals surface area contributed by atoms with Crippen molar-refractivity contribution in [2.45, 2.75) is 33.8 Å². The number of rotatable bonds is 9. The molecule has 0 aliphatic rings. The Labute approximate surface area is 199 Å². The Morgan fingerprint density at radius 3 is 2.59 bits per heavy atom. The molecule has 1 heterocycles. The number of aryl methyl sites for hydroxylation is 1. The Kier molecular flexibility index (Phi) is 7.61. The minimum Gasteiger partial charge on any atom is -0.479 e. The molecular weight excluding hydrogens is 457 g/mol. The molecule has 0 radical (unpaired) electrons. The highest BCUT2D eigenvalue weighted by molar-refractivity contribution is 8.00. The van der Waals surface area contributed by atoms with Gasteiger partial charge in [-0.1, -0.05) is 0 Å². The standard InChI is InChI=1S/C24H30FN5O3S/c1-7-30(8-2)24(31)16(4)33-21-12-17(25)9-10-19(21)28-23-22-15(3)11-18(29-34(5,6)32)13-20(22)26-14-27-23/h9-14,16H,5,7-8H2,1-4,6H3,(H,29,32)(H,26,27,28)/t16-,34?/m1/s1. The average molecular weight is 488 g/mol. The van der Waals surface area contributed by atoms with Crippen LogP contribution in [0.2, 0.25) is 0 Å². The Morgan fingerprint density at radius 2 is 1.94 bits per heavy atom. The lowest BCUT2D eigenvalue weighted by Gasteiger charge is -2.24. The Bertz CT molecular complexity index is 1310. The van der Waals surface area contributed by atoms with Crippen molar-refractivity contribution in [3.05, 3.63) is 48.0 Å². The van der Waals surface area contributed by atoms with Crippen LogP contribution in [0.5, 0.6) is 5.75 Å². The molecule has 0 bridgehead atoms. The van der Waals surface area contributed by atoms with Crippen LogP contribution in [0.25, 0.3) is 10.9 Å². The second-order valence-corrected chi connectivity index (χ2v) is 10.3. The number of amides is 1. The fraction of sp³-hybridized carbons (Fsp3) is 0.333. The van der Waals surface area contributed by atoms with Crippen LogP contribution in [-0.4, -0.2) is 56.3 Å². The lowest BCUT2D eigenvalue weighted by atomic mass is 10.1. The van der Waals surface area contributed by atoms with Gasteiger partial charge in [0.25, 0.3) is 5.91 Å². The van der Waals surface area contributed by atoms with Crippen LogP contribution in [-0.2, 0) is 14.5 Å². The fourth-order valence-corrected chi connectivity index (χ4v) is 4.27. The van der Waals surface area contributed by atoms with Crippen LogP contribution in [0.1, 0.15) is 26.3 Å². The molecule has 2 aromatic carbocycles. The monoisotopic (exact) mass is 487 g/mol. The Hall–Kier alpha value is -3.40. The van der Waals surface area contributed by atoms with E-state index in [1.807, 2.05) is 26.8 Å². The van der Waals surface area contributed by atoms with Gasteiger partial charge >= 0.3 is 0 Å². The molecule has 1 aromatic heterocycles. The van der Waals surface area contributed by atoms with Gasteiger partial charge in [-0.15, -0.1) is 0 Å². The zero-order valence-electron chi connectivity index (χ0n) is 20.0. The molecule has 1 unspecified atom stereocenters. The van der Waals surface area contributed by atoms with Crippen molar-refractivity contribution in [1.29, 1.82) is 0 Å². The first-order valence-electron chi connectivity index (χ1n) is 10.9. The number of likely N-dealkylation sites (N-methyl/N-ethyl adjacent to an activating group) is 1. The highest BCUT2D eigenvalue weighted by Gasteiger charge is 2.22. The van der Waals surface area contributed by atoms with Crippen molar-refractivity contribution in [3.63, 3.8) is 0 Å². The first-order valence-corrected chi connectivity index (χ1v) is 13.0. The van der Waals surface area contributed by atoms with E-state index in [4.69, 9.17) is 4.74 Å². The molecule has 0 aliphatic carbocycles. The number of fused-ring (bicyclic) bond motifs is 1. The minimum absolute atomic E-state index is 0.179. The van der Waals surface area contributed by atoms with Crippen molar-refractivity contribution in [2.75, 3.05) is 29.4 Å². The number of nitrogens with one attached hydrogen (secondary N) is 2. The van der Waals surface area contributed by atoms with Gasteiger partial charge in [0.05, 0.1) is 11.2 Å². The predicted octanol–water partition coefficient (Wildman–Crippen LogP) is 4.13. The van der Waals surface area contributed by atoms with E-state index in [1.54, 1.807) is 17.9 Å². The van der Waals surface area contributed by atoms with Gasteiger partial charge in [-0.2, -0.15) is 0 Å². The second kappa shape index (κ2) is 10.3. The van der Waals surface area contributed by atoms with Gasteiger partial charge in [-0.05, 0) is 63.4 Å². The lowest BCUT2D eigenvalue weighted by Crippen LogP contribution is -2.40. The zero-order chi connectivity index (χ0) is 25.0. The number of hydrogen-bond donors (Lipinski definition) is 2. The van der Waals surface area contributed by atoms with Crippen LogP contribution < -0.4 is 14.8 Å². The highest BCUT2D eigenvalue weighted by atomic mass is 32.2. The van der Waals surface area contributed by atoms with Crippen LogP contribution in [0.3, 0.4) is 0 Å². The van der Waals surface area contributed by atoms with E-state index in [1.165, 1.54) is 30.8 Å². The molecule has 3 rings (SSSR count). The summed E-state index contributed by atoms with van der Waals surface area (Å²) >= 11 is 0. The molecule has 2 atom stereocenters. The number of ether oxygens (including phenoxy) is 1. The molecule has 0 saturated heterocycles. The number of nitrogens with zero attached hydrogens (tertiary/aromatic N) is 3. The zero-order valence-corrected chi connectivity index (χ0v) is 20.8. The molecule has 8 nitrogen and oxygen atoms in total. The summed E-state index contributed by atoms with van der Waals surface area (Å²) in [5.74, 6) is 3.64. The number of carbonyl (C=O) groups excluding carboxylic acids is 1. The van der Waals surface area contributed by atoms with Crippen LogP contribution in [0.4, 0.5) is 21.6 Å². The summed E-state index contributed by atoms with van der Waals surface area (Å²) in [6.45, 7) is 8.42. The van der Waals surface area contributed by atoms with E-state index in [0.29, 0.717) is 35.8 Å². The normalized spacial score (nSPS) is 13.7. The van der Waals surface area contributed by atoms with E-state index < -0.39 is 21.6 Å². The number of benzene rings is 2. The summed E-state index contributed by atoms with van der Waals surface area (Å²) in [6, 6.07) is 7.66. The summed E-state index contributed by atoms with van der Waals surface area (Å²) in [6.07, 6.45) is 2.12. The largest absolute Gasteiger partial charge is 0.479 e. The summed E-state index contributed by atoms with van der Waals surface area (Å²) < 4.78 is 34.9. The summed E-state index contributed by atoms with van der Waals surface area (Å²) in [5, 5.41) is 3.93. The first-order chi connectivity index (χ1) is 16.0. The molecule has 0 saturated carbocycles. The van der Waals surface area contributed by atoms with Crippen molar-refractivity contribution >= 4 is 49.6 Å². The van der Waals surface area contributed by atoms with Crippen LogP contribution in [0.15, 0.2) is 36.7 Å². The third-order valence-corrected chi connectivity index (χ3v) is 5.86. The molecule has 10 heteroatoms. The number of anilines is 3. The van der Waals surface area contributed by atoms with E-state index in [0.717, 1.165) is 10.9 Å². The molecular formula is C24H30FN5O3S. The van der Waals surface area contributed by atoms with Crippen molar-refractivity contribution < 1.29 is 18.1 Å². The Balaban J connectivity index is 1.97. The maximum Gasteiger partial charge on any atom is 0.263 e. The minimum atomic E-state index is -2.45. The fourth-order valence-electron chi connectivity index (χ4n) is 3.65. The van der Waals surface area contributed by atoms with E-state index >= 15 is 0 Å². The Morgan fingerprint density at radius 1 is 1.24 bits per heavy atom. The summed E-state index contributed by atoms with van der Waals surface area (Å²) in [5.41, 5.74) is 2.54. The van der Waals surface area contributed by atoms with E-state index in [-0.39, 0.29) is 11.7 Å².